The first-order valence-corrected chi connectivity index (χ1v) is 3.96. The van der Waals surface area contributed by atoms with Gasteiger partial charge in [0, 0.05) is 17.5 Å². The normalized spacial score (nSPS) is 25.8. The minimum absolute atomic E-state index is 0.188. The lowest BCUT2D eigenvalue weighted by molar-refractivity contribution is -0.124. The van der Waals surface area contributed by atoms with Crippen molar-refractivity contribution in [3.05, 3.63) is 0 Å². The number of carbonyl (C=O) groups is 1. The Kier molecular flexibility index (Phi) is 1.81. The molecule has 1 rings (SSSR count). The molecule has 1 aliphatic rings. The molecule has 0 radical (unpaired) electrons. The highest BCUT2D eigenvalue weighted by molar-refractivity contribution is 5.86. The molecule has 1 saturated carbocycles. The molecule has 11 heavy (non-hydrogen) atoms. The first kappa shape index (κ1) is 8.68. The summed E-state index contributed by atoms with van der Waals surface area (Å²) in [5, 5.41) is 0. The molecule has 1 fully saturated rings. The Hall–Kier alpha value is -0.410. The number of rotatable bonds is 3. The Morgan fingerprint density at radius 3 is 2.18 bits per heavy atom. The number of ketones is 1. The number of carbonyl (C=O) groups excluding carboxylic acids is 1. The molecular weight excluding hydrogens is 140 g/mol. The van der Waals surface area contributed by atoms with Crippen molar-refractivity contribution in [1.82, 2.24) is 0 Å². The smallest absolute Gasteiger partial charge is 0.137 e. The molecular formula is C8H16N2O. The second-order valence-corrected chi connectivity index (χ2v) is 3.76. The highest BCUT2D eigenvalue weighted by Gasteiger charge is 2.57. The fourth-order valence-corrected chi connectivity index (χ4v) is 1.65. The molecule has 1 atom stereocenters. The largest absolute Gasteiger partial charge is 0.329 e. The molecule has 1 unspecified atom stereocenters. The van der Waals surface area contributed by atoms with Crippen molar-refractivity contribution in [3.63, 3.8) is 0 Å². The molecule has 3 nitrogen and oxygen atoms in total. The summed E-state index contributed by atoms with van der Waals surface area (Å²) < 4.78 is 0. The zero-order chi connectivity index (χ0) is 8.70. The van der Waals surface area contributed by atoms with E-state index in [0.717, 1.165) is 12.8 Å². The van der Waals surface area contributed by atoms with Crippen LogP contribution >= 0.6 is 0 Å². The van der Waals surface area contributed by atoms with Crippen LogP contribution in [0.4, 0.5) is 0 Å². The van der Waals surface area contributed by atoms with Gasteiger partial charge in [0.25, 0.3) is 0 Å². The predicted octanol–water partition coefficient (Wildman–Crippen LogP) is 0.0317. The first-order valence-electron chi connectivity index (χ1n) is 3.96. The fraction of sp³-hybridized carbons (Fsp3) is 0.875. The molecule has 0 heterocycles. The molecule has 0 aromatic carbocycles. The van der Waals surface area contributed by atoms with Crippen molar-refractivity contribution in [3.8, 4) is 0 Å². The molecule has 0 aliphatic heterocycles. The van der Waals surface area contributed by atoms with Crippen LogP contribution in [-0.2, 0) is 4.79 Å². The summed E-state index contributed by atoms with van der Waals surface area (Å²) in [6.07, 6.45) is 1.82. The Balaban J connectivity index is 2.80. The van der Waals surface area contributed by atoms with Gasteiger partial charge in [-0.15, -0.1) is 0 Å². The van der Waals surface area contributed by atoms with Gasteiger partial charge >= 0.3 is 0 Å². The third-order valence-corrected chi connectivity index (χ3v) is 2.94. The maximum atomic E-state index is 11.2. The van der Waals surface area contributed by atoms with Crippen LogP contribution in [0.3, 0.4) is 0 Å². The monoisotopic (exact) mass is 156 g/mol. The fourth-order valence-electron chi connectivity index (χ4n) is 1.65. The number of hydrogen-bond acceptors (Lipinski definition) is 3. The summed E-state index contributed by atoms with van der Waals surface area (Å²) in [5.74, 6) is 0.188. The summed E-state index contributed by atoms with van der Waals surface area (Å²) >= 11 is 0. The minimum atomic E-state index is -0.501. The van der Waals surface area contributed by atoms with Crippen LogP contribution in [-0.4, -0.2) is 17.9 Å². The lowest BCUT2D eigenvalue weighted by Gasteiger charge is -2.31. The summed E-state index contributed by atoms with van der Waals surface area (Å²) in [6, 6.07) is 0. The van der Waals surface area contributed by atoms with Gasteiger partial charge in [-0.3, -0.25) is 4.79 Å². The highest BCUT2D eigenvalue weighted by Crippen LogP contribution is 2.53. The van der Waals surface area contributed by atoms with Gasteiger partial charge in [-0.2, -0.15) is 0 Å². The Labute approximate surface area is 67.1 Å². The summed E-state index contributed by atoms with van der Waals surface area (Å²) in [4.78, 5) is 11.2. The van der Waals surface area contributed by atoms with E-state index in [1.165, 1.54) is 0 Å². The highest BCUT2D eigenvalue weighted by atomic mass is 16.1. The SMILES string of the molecule is CC(=O)C1(C(C)(N)CN)CC1. The van der Waals surface area contributed by atoms with Crippen LogP contribution in [0.5, 0.6) is 0 Å². The van der Waals surface area contributed by atoms with Gasteiger partial charge in [0.15, 0.2) is 0 Å². The third-order valence-electron chi connectivity index (χ3n) is 2.94. The van der Waals surface area contributed by atoms with E-state index in [2.05, 4.69) is 0 Å². The van der Waals surface area contributed by atoms with E-state index in [4.69, 9.17) is 11.5 Å². The van der Waals surface area contributed by atoms with E-state index in [0.29, 0.717) is 6.54 Å². The summed E-state index contributed by atoms with van der Waals surface area (Å²) in [7, 11) is 0. The molecule has 0 amide bonds. The van der Waals surface area contributed by atoms with Gasteiger partial charge in [-0.05, 0) is 26.7 Å². The van der Waals surface area contributed by atoms with E-state index in [9.17, 15) is 4.79 Å². The lowest BCUT2D eigenvalue weighted by atomic mass is 9.80. The van der Waals surface area contributed by atoms with Crippen molar-refractivity contribution in [1.29, 1.82) is 0 Å². The molecule has 0 spiro atoms. The third kappa shape index (κ3) is 1.08. The molecule has 64 valence electrons. The van der Waals surface area contributed by atoms with Crippen molar-refractivity contribution in [2.45, 2.75) is 32.2 Å². The minimum Gasteiger partial charge on any atom is -0.329 e. The van der Waals surface area contributed by atoms with Gasteiger partial charge in [-0.25, -0.2) is 0 Å². The van der Waals surface area contributed by atoms with Crippen LogP contribution in [0, 0.1) is 5.41 Å². The van der Waals surface area contributed by atoms with Crippen molar-refractivity contribution < 1.29 is 4.79 Å². The van der Waals surface area contributed by atoms with Crippen LogP contribution < -0.4 is 11.5 Å². The van der Waals surface area contributed by atoms with Crippen LogP contribution in [0.25, 0.3) is 0 Å². The van der Waals surface area contributed by atoms with E-state index >= 15 is 0 Å². The molecule has 4 N–H and O–H groups in total. The zero-order valence-corrected chi connectivity index (χ0v) is 7.18. The second-order valence-electron chi connectivity index (χ2n) is 3.76. The summed E-state index contributed by atoms with van der Waals surface area (Å²) in [5.41, 5.74) is 10.6. The van der Waals surface area contributed by atoms with E-state index < -0.39 is 5.54 Å². The second kappa shape index (κ2) is 2.29. The average Bonchev–Trinajstić information content (AvgIpc) is 2.66. The van der Waals surface area contributed by atoms with Crippen molar-refractivity contribution in [2.24, 2.45) is 16.9 Å². The first-order chi connectivity index (χ1) is 4.96. The Bertz CT molecular complexity index is 183. The molecule has 0 saturated heterocycles. The molecule has 0 aromatic rings. The quantitative estimate of drug-likeness (QED) is 0.605. The van der Waals surface area contributed by atoms with Crippen LogP contribution in [0.1, 0.15) is 26.7 Å². The van der Waals surface area contributed by atoms with Gasteiger partial charge in [0.1, 0.15) is 5.78 Å². The standard InChI is InChI=1S/C8H16N2O/c1-6(11)8(3-4-8)7(2,10)5-9/h3-5,9-10H2,1-2H3. The maximum absolute atomic E-state index is 11.2. The van der Waals surface area contributed by atoms with Crippen molar-refractivity contribution >= 4 is 5.78 Å². The molecule has 0 bridgehead atoms. The predicted molar refractivity (Wildman–Crippen MR) is 44.0 cm³/mol. The molecule has 3 heteroatoms. The molecule has 0 aromatic heterocycles. The lowest BCUT2D eigenvalue weighted by Crippen LogP contribution is -2.54. The Morgan fingerprint density at radius 1 is 1.64 bits per heavy atom. The number of hydrogen-bond donors (Lipinski definition) is 2. The van der Waals surface area contributed by atoms with Crippen LogP contribution in [0.15, 0.2) is 0 Å². The molecule has 1 aliphatic carbocycles. The number of Topliss-reactive ketones (excluding diaryl/α,β-unsaturated/α-hetero) is 1. The van der Waals surface area contributed by atoms with E-state index in [1.54, 1.807) is 6.92 Å². The van der Waals surface area contributed by atoms with Gasteiger partial charge in [0.05, 0.1) is 0 Å². The zero-order valence-electron chi connectivity index (χ0n) is 7.18. The van der Waals surface area contributed by atoms with Gasteiger partial charge in [-0.1, -0.05) is 0 Å². The van der Waals surface area contributed by atoms with E-state index in [-0.39, 0.29) is 11.2 Å². The van der Waals surface area contributed by atoms with Gasteiger partial charge < -0.3 is 11.5 Å². The maximum Gasteiger partial charge on any atom is 0.137 e. The topological polar surface area (TPSA) is 69.1 Å². The van der Waals surface area contributed by atoms with Crippen molar-refractivity contribution in [2.75, 3.05) is 6.54 Å². The Morgan fingerprint density at radius 2 is 2.09 bits per heavy atom. The van der Waals surface area contributed by atoms with E-state index in [1.807, 2.05) is 6.92 Å². The van der Waals surface area contributed by atoms with Gasteiger partial charge in [0.2, 0.25) is 0 Å². The average molecular weight is 156 g/mol. The summed E-state index contributed by atoms with van der Waals surface area (Å²) in [6.45, 7) is 3.85. The number of nitrogens with two attached hydrogens (primary N) is 2. The van der Waals surface area contributed by atoms with Crippen LogP contribution in [0.2, 0.25) is 0 Å².